The molecule has 0 radical (unpaired) electrons. The molecule has 1 aromatic rings. The van der Waals surface area contributed by atoms with Crippen molar-refractivity contribution in [2.75, 3.05) is 0 Å². The van der Waals surface area contributed by atoms with Crippen LogP contribution < -0.4 is 4.57 Å². The van der Waals surface area contributed by atoms with Crippen molar-refractivity contribution in [3.8, 4) is 0 Å². The largest absolute Gasteiger partial charge is 0.243 e. The van der Waals surface area contributed by atoms with Gasteiger partial charge in [-0.15, -0.1) is 0 Å². The molecule has 1 aliphatic rings. The van der Waals surface area contributed by atoms with E-state index in [9.17, 15) is 0 Å². The van der Waals surface area contributed by atoms with Crippen molar-refractivity contribution in [2.45, 2.75) is 302 Å². The van der Waals surface area contributed by atoms with Gasteiger partial charge in [-0.05, 0) is 31.1 Å². The van der Waals surface area contributed by atoms with Crippen molar-refractivity contribution in [3.63, 3.8) is 0 Å². The van der Waals surface area contributed by atoms with E-state index in [1.54, 1.807) is 0 Å². The van der Waals surface area contributed by atoms with Crippen LogP contribution >= 0.6 is 0 Å². The topological polar surface area (TPSA) is 8.81 Å². The summed E-state index contributed by atoms with van der Waals surface area (Å²) in [6, 6.07) is 0.711. The zero-order valence-corrected chi connectivity index (χ0v) is 38.5. The molecule has 0 spiro atoms. The van der Waals surface area contributed by atoms with Crippen LogP contribution in [0, 0.1) is 11.8 Å². The van der Waals surface area contributed by atoms with Crippen LogP contribution in [0.15, 0.2) is 18.7 Å². The number of hydrogen-bond acceptors (Lipinski definition) is 0. The standard InChI is InChI=1S/C53H103N2/c1-4-6-8-10-12-14-16-18-20-22-24-26-28-30-32-35-41-51(42-36-33-31-29-27-25-23-21-19-17-15-13-11-9-7-5-2)43-39-40-46-53(55-48-47-54(3)50-55)49-52-44-37-34-38-45-52/h47-48,50-53H,4-46,49H2,1-3H3/q+1. The van der Waals surface area contributed by atoms with Gasteiger partial charge < -0.3 is 0 Å². The van der Waals surface area contributed by atoms with Gasteiger partial charge >= 0.3 is 0 Å². The Hall–Kier alpha value is -0.790. The first kappa shape index (κ1) is 50.4. The van der Waals surface area contributed by atoms with E-state index in [2.05, 4.69) is 48.8 Å². The number of imidazole rings is 1. The molecular weight excluding hydrogens is 665 g/mol. The second-order valence-electron chi connectivity index (χ2n) is 19.3. The minimum absolute atomic E-state index is 0.711. The molecule has 1 heterocycles. The summed E-state index contributed by atoms with van der Waals surface area (Å²) < 4.78 is 4.82. The maximum absolute atomic E-state index is 2.57. The Bertz CT molecular complexity index is 847. The van der Waals surface area contributed by atoms with E-state index < -0.39 is 0 Å². The molecule has 0 aromatic carbocycles. The van der Waals surface area contributed by atoms with Crippen molar-refractivity contribution in [3.05, 3.63) is 18.7 Å². The third-order valence-electron chi connectivity index (χ3n) is 13.9. The van der Waals surface area contributed by atoms with E-state index >= 15 is 0 Å². The lowest BCUT2D eigenvalue weighted by Crippen LogP contribution is -2.38. The molecule has 1 fully saturated rings. The van der Waals surface area contributed by atoms with Crippen molar-refractivity contribution >= 4 is 0 Å². The zero-order chi connectivity index (χ0) is 39.1. The summed E-state index contributed by atoms with van der Waals surface area (Å²) in [6.45, 7) is 4.64. The molecule has 0 aliphatic heterocycles. The van der Waals surface area contributed by atoms with Gasteiger partial charge in [0.25, 0.3) is 0 Å². The normalized spacial score (nSPS) is 14.4. The molecule has 2 heteroatoms. The Morgan fingerprint density at radius 1 is 0.436 bits per heavy atom. The predicted molar refractivity (Wildman–Crippen MR) is 246 cm³/mol. The Morgan fingerprint density at radius 3 is 1.11 bits per heavy atom. The summed E-state index contributed by atoms with van der Waals surface area (Å²) in [7, 11) is 2.19. The van der Waals surface area contributed by atoms with Crippen molar-refractivity contribution in [1.29, 1.82) is 0 Å². The number of nitrogens with zero attached hydrogens (tertiary/aromatic N) is 2. The molecule has 0 N–H and O–H groups in total. The first-order chi connectivity index (χ1) is 27.2. The number of hydrogen-bond donors (Lipinski definition) is 0. The second-order valence-corrected chi connectivity index (χ2v) is 19.3. The third-order valence-corrected chi connectivity index (χ3v) is 13.9. The Kier molecular flexibility index (Phi) is 35.4. The molecular formula is C53H103N2+. The highest BCUT2D eigenvalue weighted by atomic mass is 15.1. The second kappa shape index (κ2) is 38.7. The molecule has 2 nitrogen and oxygen atoms in total. The van der Waals surface area contributed by atoms with Crippen LogP contribution in [0.25, 0.3) is 0 Å². The number of aryl methyl sites for hydroxylation is 1. The van der Waals surface area contributed by atoms with Crippen LogP contribution in [0.5, 0.6) is 0 Å². The fraction of sp³-hybridized carbons (Fsp3) is 0.943. The first-order valence-corrected chi connectivity index (χ1v) is 26.3. The lowest BCUT2D eigenvalue weighted by Gasteiger charge is -2.25. The van der Waals surface area contributed by atoms with Gasteiger partial charge in [0.1, 0.15) is 18.4 Å². The minimum Gasteiger partial charge on any atom is -0.240 e. The van der Waals surface area contributed by atoms with Gasteiger partial charge in [0.2, 0.25) is 6.33 Å². The molecule has 1 aromatic heterocycles. The maximum Gasteiger partial charge on any atom is 0.243 e. The zero-order valence-electron chi connectivity index (χ0n) is 38.5. The molecule has 1 aliphatic carbocycles. The highest BCUT2D eigenvalue weighted by Crippen LogP contribution is 2.32. The summed E-state index contributed by atoms with van der Waals surface area (Å²) in [4.78, 5) is 0. The van der Waals surface area contributed by atoms with Gasteiger partial charge in [-0.25, -0.2) is 9.13 Å². The van der Waals surface area contributed by atoms with E-state index in [-0.39, 0.29) is 0 Å². The Labute approximate surface area is 348 Å². The molecule has 0 bridgehead atoms. The molecule has 55 heavy (non-hydrogen) atoms. The molecule has 0 saturated heterocycles. The monoisotopic (exact) mass is 768 g/mol. The molecule has 324 valence electrons. The summed E-state index contributed by atoms with van der Waals surface area (Å²) in [5.74, 6) is 1.95. The highest BCUT2D eigenvalue weighted by Gasteiger charge is 2.23. The number of rotatable bonds is 42. The highest BCUT2D eigenvalue weighted by molar-refractivity contribution is 4.72. The van der Waals surface area contributed by atoms with Gasteiger partial charge in [-0.3, -0.25) is 0 Å². The quantitative estimate of drug-likeness (QED) is 0.0463. The SMILES string of the molecule is CCCCCCCCCCCCCCCCCCC(CCCCCCCCCCCCCCCCCC)CCCCC(CC1CCCCC1)[n+]1ccn(C)c1. The van der Waals surface area contributed by atoms with Crippen molar-refractivity contribution < 1.29 is 4.57 Å². The van der Waals surface area contributed by atoms with Crippen LogP contribution in [0.2, 0.25) is 0 Å². The van der Waals surface area contributed by atoms with Crippen LogP contribution in [-0.4, -0.2) is 4.57 Å². The van der Waals surface area contributed by atoms with Gasteiger partial charge in [0, 0.05) is 0 Å². The van der Waals surface area contributed by atoms with E-state index in [4.69, 9.17) is 0 Å². The molecule has 2 rings (SSSR count). The van der Waals surface area contributed by atoms with E-state index in [1.165, 1.54) is 283 Å². The molecule has 1 atom stereocenters. The first-order valence-electron chi connectivity index (χ1n) is 26.3. The minimum atomic E-state index is 0.711. The summed E-state index contributed by atoms with van der Waals surface area (Å²) in [5.41, 5.74) is 0. The van der Waals surface area contributed by atoms with Crippen molar-refractivity contribution in [1.82, 2.24) is 4.57 Å². The van der Waals surface area contributed by atoms with Gasteiger partial charge in [0.15, 0.2) is 0 Å². The van der Waals surface area contributed by atoms with E-state index in [1.807, 2.05) is 0 Å². The summed E-state index contributed by atoms with van der Waals surface area (Å²) in [5, 5.41) is 0. The average molecular weight is 768 g/mol. The van der Waals surface area contributed by atoms with Gasteiger partial charge in [0.05, 0.1) is 7.05 Å². The Balaban J connectivity index is 1.59. The number of aromatic nitrogens is 2. The fourth-order valence-corrected chi connectivity index (χ4v) is 10.1. The van der Waals surface area contributed by atoms with Crippen LogP contribution in [0.1, 0.15) is 302 Å². The van der Waals surface area contributed by atoms with Crippen LogP contribution in [0.3, 0.4) is 0 Å². The maximum atomic E-state index is 2.57. The van der Waals surface area contributed by atoms with Crippen LogP contribution in [-0.2, 0) is 7.05 Å². The van der Waals surface area contributed by atoms with Crippen LogP contribution in [0.4, 0.5) is 0 Å². The third kappa shape index (κ3) is 30.9. The lowest BCUT2D eigenvalue weighted by atomic mass is 9.83. The van der Waals surface area contributed by atoms with E-state index in [0.717, 1.165) is 11.8 Å². The predicted octanol–water partition coefficient (Wildman–Crippen LogP) is 18.3. The summed E-state index contributed by atoms with van der Waals surface area (Å²) in [6.07, 6.45) is 71.7. The molecule has 1 unspecified atom stereocenters. The average Bonchev–Trinajstić information content (AvgIpc) is 3.64. The number of unbranched alkanes of at least 4 members (excludes halogenated alkanes) is 31. The summed E-state index contributed by atoms with van der Waals surface area (Å²) >= 11 is 0. The Morgan fingerprint density at radius 2 is 0.764 bits per heavy atom. The molecule has 0 amide bonds. The lowest BCUT2D eigenvalue weighted by molar-refractivity contribution is -0.725. The van der Waals surface area contributed by atoms with Gasteiger partial charge in [-0.2, -0.15) is 0 Å². The van der Waals surface area contributed by atoms with E-state index in [0.29, 0.717) is 6.04 Å². The van der Waals surface area contributed by atoms with Gasteiger partial charge in [-0.1, -0.05) is 277 Å². The van der Waals surface area contributed by atoms with Crippen molar-refractivity contribution in [2.24, 2.45) is 18.9 Å². The smallest absolute Gasteiger partial charge is 0.240 e. The fourth-order valence-electron chi connectivity index (χ4n) is 10.1. The molecule has 1 saturated carbocycles.